The summed E-state index contributed by atoms with van der Waals surface area (Å²) in [7, 11) is 0. The molecule has 9 heteroatoms. The Morgan fingerprint density at radius 1 is 1.46 bits per heavy atom. The number of hydrogen-bond donors (Lipinski definition) is 4. The van der Waals surface area contributed by atoms with Gasteiger partial charge in [0, 0.05) is 17.9 Å². The van der Waals surface area contributed by atoms with E-state index in [0.29, 0.717) is 5.57 Å². The van der Waals surface area contributed by atoms with Crippen LogP contribution in [0.5, 0.6) is 0 Å². The van der Waals surface area contributed by atoms with Gasteiger partial charge in [-0.05, 0) is 19.3 Å². The molecule has 0 amide bonds. The van der Waals surface area contributed by atoms with Gasteiger partial charge in [-0.2, -0.15) is 0 Å². The van der Waals surface area contributed by atoms with Crippen molar-refractivity contribution in [3.63, 3.8) is 0 Å². The zero-order valence-electron chi connectivity index (χ0n) is 15.5. The number of ether oxygens (including phenoxy) is 2. The number of carbonyl (C=O) groups excluding carboxylic acids is 2. The highest BCUT2D eigenvalue weighted by Gasteiger charge is 2.64. The standard InChI is InChI=1S/C19H25ClO8/c1-8-4-11(27-17(24)18(3,25)7-21)13-9(2)16(23)28-15(13)14-10(8)5-12(22)19(14,26)6-20/h10-15,21-22,25-26H,1-2,4-7H2,3H3/t10-,11-,12-,13-,14+,15+,18-,19+/m0/s1. The van der Waals surface area contributed by atoms with Gasteiger partial charge in [-0.15, -0.1) is 11.6 Å². The van der Waals surface area contributed by atoms with E-state index in [0.717, 1.165) is 6.92 Å². The topological polar surface area (TPSA) is 134 Å². The van der Waals surface area contributed by atoms with Crippen molar-refractivity contribution < 1.29 is 39.5 Å². The van der Waals surface area contributed by atoms with Gasteiger partial charge in [0.15, 0.2) is 5.60 Å². The number of halogens is 1. The Labute approximate surface area is 167 Å². The summed E-state index contributed by atoms with van der Waals surface area (Å²) in [5, 5.41) is 40.6. The van der Waals surface area contributed by atoms with E-state index in [9.17, 15) is 30.0 Å². The van der Waals surface area contributed by atoms with Crippen LogP contribution in [0.15, 0.2) is 24.3 Å². The van der Waals surface area contributed by atoms with Crippen LogP contribution < -0.4 is 0 Å². The molecule has 3 fully saturated rings. The quantitative estimate of drug-likeness (QED) is 0.212. The number of aliphatic hydroxyl groups is 4. The number of alkyl halides is 1. The van der Waals surface area contributed by atoms with Gasteiger partial charge in [-0.3, -0.25) is 0 Å². The maximum Gasteiger partial charge on any atom is 0.340 e. The molecule has 0 aromatic rings. The van der Waals surface area contributed by atoms with E-state index in [-0.39, 0.29) is 24.3 Å². The van der Waals surface area contributed by atoms with Crippen molar-refractivity contribution >= 4 is 23.5 Å². The van der Waals surface area contributed by atoms with E-state index in [4.69, 9.17) is 21.1 Å². The van der Waals surface area contributed by atoms with Crippen LogP contribution >= 0.6 is 11.6 Å². The largest absolute Gasteiger partial charge is 0.459 e. The normalized spacial score (nSPS) is 42.3. The first-order valence-corrected chi connectivity index (χ1v) is 9.59. The summed E-state index contributed by atoms with van der Waals surface area (Å²) in [6.07, 6.45) is -2.70. The Kier molecular flexibility index (Phi) is 5.40. The van der Waals surface area contributed by atoms with Gasteiger partial charge in [0.1, 0.15) is 17.8 Å². The van der Waals surface area contributed by atoms with Crippen molar-refractivity contribution in [1.82, 2.24) is 0 Å². The van der Waals surface area contributed by atoms with Crippen molar-refractivity contribution in [2.45, 2.75) is 49.3 Å². The summed E-state index contributed by atoms with van der Waals surface area (Å²) < 4.78 is 10.9. The Hall–Kier alpha value is -1.45. The molecule has 0 aromatic carbocycles. The van der Waals surface area contributed by atoms with E-state index < -0.39 is 65.8 Å². The molecule has 2 saturated carbocycles. The maximum absolute atomic E-state index is 12.3. The predicted octanol–water partition coefficient (Wildman–Crippen LogP) is -0.334. The highest BCUT2D eigenvalue weighted by Crippen LogP contribution is 2.55. The molecule has 0 bridgehead atoms. The van der Waals surface area contributed by atoms with E-state index in [1.165, 1.54) is 0 Å². The molecule has 3 aliphatic rings. The average molecular weight is 417 g/mol. The third kappa shape index (κ3) is 3.07. The molecule has 2 aliphatic carbocycles. The van der Waals surface area contributed by atoms with Crippen LogP contribution in [-0.4, -0.2) is 74.4 Å². The number of fused-ring (bicyclic) bond motifs is 3. The highest BCUT2D eigenvalue weighted by molar-refractivity contribution is 6.18. The summed E-state index contributed by atoms with van der Waals surface area (Å²) in [6.45, 7) is 8.04. The van der Waals surface area contributed by atoms with E-state index in [1.807, 2.05) is 0 Å². The lowest BCUT2D eigenvalue weighted by Gasteiger charge is -2.37. The van der Waals surface area contributed by atoms with Gasteiger partial charge in [0.2, 0.25) is 0 Å². The van der Waals surface area contributed by atoms with Crippen LogP contribution in [0, 0.1) is 17.8 Å². The van der Waals surface area contributed by atoms with Crippen molar-refractivity contribution in [3.8, 4) is 0 Å². The second kappa shape index (κ2) is 7.11. The molecule has 3 rings (SSSR count). The number of esters is 2. The summed E-state index contributed by atoms with van der Waals surface area (Å²) >= 11 is 5.98. The molecule has 8 atom stereocenters. The molecule has 8 nitrogen and oxygen atoms in total. The molecule has 4 N–H and O–H groups in total. The Balaban J connectivity index is 2.01. The minimum atomic E-state index is -2.11. The molecule has 0 unspecified atom stereocenters. The molecule has 156 valence electrons. The van der Waals surface area contributed by atoms with Crippen LogP contribution in [0.3, 0.4) is 0 Å². The Morgan fingerprint density at radius 2 is 2.11 bits per heavy atom. The molecule has 1 saturated heterocycles. The first-order chi connectivity index (χ1) is 13.0. The van der Waals surface area contributed by atoms with E-state index in [2.05, 4.69) is 13.2 Å². The number of aliphatic hydroxyl groups excluding tert-OH is 2. The van der Waals surface area contributed by atoms with Crippen molar-refractivity contribution in [2.75, 3.05) is 12.5 Å². The summed E-state index contributed by atoms with van der Waals surface area (Å²) in [5.74, 6) is -3.99. The van der Waals surface area contributed by atoms with Crippen LogP contribution in [-0.2, 0) is 19.1 Å². The van der Waals surface area contributed by atoms with Crippen LogP contribution in [0.2, 0.25) is 0 Å². The summed E-state index contributed by atoms with van der Waals surface area (Å²) in [5.41, 5.74) is -3.15. The van der Waals surface area contributed by atoms with Crippen LogP contribution in [0.4, 0.5) is 0 Å². The minimum absolute atomic E-state index is 0.0678. The van der Waals surface area contributed by atoms with Gasteiger partial charge < -0.3 is 29.9 Å². The molecule has 0 spiro atoms. The van der Waals surface area contributed by atoms with Crippen molar-refractivity contribution in [2.24, 2.45) is 17.8 Å². The molecule has 0 radical (unpaired) electrons. The number of carbonyl (C=O) groups is 2. The van der Waals surface area contributed by atoms with E-state index >= 15 is 0 Å². The molecule has 0 aromatic heterocycles. The SMILES string of the molecule is C=C1C(=O)O[C@@H]2[C@@H]1[C@@H](OC(=O)[C@@](C)(O)CO)CC(=C)[C@@H]1C[C@H](O)[C@](O)(CCl)[C@@H]21. The van der Waals surface area contributed by atoms with Gasteiger partial charge in [-0.1, -0.05) is 18.7 Å². The molecule has 1 heterocycles. The van der Waals surface area contributed by atoms with Crippen molar-refractivity contribution in [1.29, 1.82) is 0 Å². The third-order valence-electron chi connectivity index (χ3n) is 6.29. The summed E-state index contributed by atoms with van der Waals surface area (Å²) in [4.78, 5) is 24.6. The minimum Gasteiger partial charge on any atom is -0.459 e. The first-order valence-electron chi connectivity index (χ1n) is 9.06. The van der Waals surface area contributed by atoms with Crippen LogP contribution in [0.1, 0.15) is 19.8 Å². The molecule has 1 aliphatic heterocycles. The fourth-order valence-corrected chi connectivity index (χ4v) is 4.95. The number of rotatable bonds is 4. The van der Waals surface area contributed by atoms with Crippen LogP contribution in [0.25, 0.3) is 0 Å². The first kappa shape index (κ1) is 21.3. The third-order valence-corrected chi connectivity index (χ3v) is 6.72. The lowest BCUT2D eigenvalue weighted by molar-refractivity contribution is -0.177. The predicted molar refractivity (Wildman–Crippen MR) is 97.1 cm³/mol. The molecule has 28 heavy (non-hydrogen) atoms. The second-order valence-electron chi connectivity index (χ2n) is 8.17. The smallest absolute Gasteiger partial charge is 0.340 e. The second-order valence-corrected chi connectivity index (χ2v) is 8.43. The van der Waals surface area contributed by atoms with Gasteiger partial charge in [0.25, 0.3) is 0 Å². The summed E-state index contributed by atoms with van der Waals surface area (Å²) in [6, 6.07) is 0. The highest BCUT2D eigenvalue weighted by atomic mass is 35.5. The lowest BCUT2D eigenvalue weighted by atomic mass is 9.76. The van der Waals surface area contributed by atoms with Gasteiger partial charge in [0.05, 0.1) is 24.5 Å². The lowest BCUT2D eigenvalue weighted by Crippen LogP contribution is -2.52. The fourth-order valence-electron chi connectivity index (χ4n) is 4.59. The Bertz CT molecular complexity index is 719. The zero-order valence-corrected chi connectivity index (χ0v) is 16.3. The monoisotopic (exact) mass is 416 g/mol. The maximum atomic E-state index is 12.3. The number of hydrogen-bond acceptors (Lipinski definition) is 8. The molecular weight excluding hydrogens is 392 g/mol. The Morgan fingerprint density at radius 3 is 2.68 bits per heavy atom. The van der Waals surface area contributed by atoms with Crippen molar-refractivity contribution in [3.05, 3.63) is 24.3 Å². The van der Waals surface area contributed by atoms with Gasteiger partial charge in [-0.25, -0.2) is 9.59 Å². The average Bonchev–Trinajstić information content (AvgIpc) is 3.04. The fraction of sp³-hybridized carbons (Fsp3) is 0.684. The van der Waals surface area contributed by atoms with Gasteiger partial charge >= 0.3 is 11.9 Å². The van der Waals surface area contributed by atoms with E-state index in [1.54, 1.807) is 0 Å². The zero-order chi connectivity index (χ0) is 21.0. The molecular formula is C19H25ClO8.